The third kappa shape index (κ3) is 4.61. The van der Waals surface area contributed by atoms with Gasteiger partial charge in [-0.2, -0.15) is 0 Å². The second kappa shape index (κ2) is 8.25. The van der Waals surface area contributed by atoms with Crippen molar-refractivity contribution < 1.29 is 9.47 Å². The minimum atomic E-state index is 0.500. The van der Waals surface area contributed by atoms with Crippen LogP contribution in [0.4, 0.5) is 0 Å². The molecule has 1 fully saturated rings. The zero-order valence-electron chi connectivity index (χ0n) is 13.3. The molecule has 0 aromatic heterocycles. The van der Waals surface area contributed by atoms with Gasteiger partial charge in [0.2, 0.25) is 0 Å². The number of hydrogen-bond acceptors (Lipinski definition) is 4. The summed E-state index contributed by atoms with van der Waals surface area (Å²) in [5, 5.41) is 0. The van der Waals surface area contributed by atoms with Gasteiger partial charge >= 0.3 is 0 Å². The number of nitrogens with zero attached hydrogens (tertiary/aromatic N) is 1. The molecule has 0 bridgehead atoms. The number of likely N-dealkylation sites (tertiary alicyclic amines) is 1. The lowest BCUT2D eigenvalue weighted by atomic mass is 9.92. The molecule has 2 unspecified atom stereocenters. The summed E-state index contributed by atoms with van der Waals surface area (Å²) in [6.45, 7) is 8.41. The number of piperidine rings is 1. The first-order chi connectivity index (χ1) is 10.2. The maximum Gasteiger partial charge on any atom is 0.161 e. The van der Waals surface area contributed by atoms with Crippen molar-refractivity contribution in [3.05, 3.63) is 24.3 Å². The maximum absolute atomic E-state index is 5.90. The zero-order chi connectivity index (χ0) is 15.1. The Morgan fingerprint density at radius 1 is 1.24 bits per heavy atom. The quantitative estimate of drug-likeness (QED) is 0.839. The van der Waals surface area contributed by atoms with E-state index in [1.165, 1.54) is 12.8 Å². The maximum atomic E-state index is 5.90. The molecule has 1 aliphatic rings. The van der Waals surface area contributed by atoms with Crippen molar-refractivity contribution >= 4 is 0 Å². The smallest absolute Gasteiger partial charge is 0.161 e. The number of para-hydroxylation sites is 2. The molecule has 1 aliphatic heterocycles. The molecule has 2 N–H and O–H groups in total. The Bertz CT molecular complexity index is 425. The third-order valence-corrected chi connectivity index (χ3v) is 4.16. The first-order valence-corrected chi connectivity index (χ1v) is 8.03. The topological polar surface area (TPSA) is 47.7 Å². The summed E-state index contributed by atoms with van der Waals surface area (Å²) in [6.07, 6.45) is 2.46. The van der Waals surface area contributed by atoms with Gasteiger partial charge in [0.05, 0.1) is 6.61 Å². The molecule has 4 heteroatoms. The largest absolute Gasteiger partial charge is 0.490 e. The molecular weight excluding hydrogens is 264 g/mol. The van der Waals surface area contributed by atoms with Crippen molar-refractivity contribution in [2.24, 2.45) is 11.7 Å². The minimum absolute atomic E-state index is 0.500. The lowest BCUT2D eigenvalue weighted by Gasteiger charge is -2.37. The number of hydrogen-bond donors (Lipinski definition) is 1. The average molecular weight is 292 g/mol. The fraction of sp³-hybridized carbons (Fsp3) is 0.647. The van der Waals surface area contributed by atoms with Crippen LogP contribution in [0.5, 0.6) is 11.5 Å². The number of ether oxygens (including phenoxy) is 2. The summed E-state index contributed by atoms with van der Waals surface area (Å²) in [7, 11) is 0. The third-order valence-electron chi connectivity index (χ3n) is 4.16. The second-order valence-corrected chi connectivity index (χ2v) is 5.78. The van der Waals surface area contributed by atoms with Crippen LogP contribution in [0.25, 0.3) is 0 Å². The molecule has 2 atom stereocenters. The highest BCUT2D eigenvalue weighted by molar-refractivity contribution is 5.39. The van der Waals surface area contributed by atoms with Crippen molar-refractivity contribution in [2.75, 3.05) is 32.8 Å². The molecule has 1 aromatic rings. The predicted molar refractivity (Wildman–Crippen MR) is 85.9 cm³/mol. The van der Waals surface area contributed by atoms with Gasteiger partial charge in [-0.05, 0) is 44.4 Å². The molecule has 0 aliphatic carbocycles. The molecule has 1 saturated heterocycles. The van der Waals surface area contributed by atoms with Gasteiger partial charge in [0, 0.05) is 19.1 Å². The van der Waals surface area contributed by atoms with Crippen LogP contribution < -0.4 is 15.2 Å². The van der Waals surface area contributed by atoms with Crippen LogP contribution in [0.3, 0.4) is 0 Å². The number of nitrogens with two attached hydrogens (primary N) is 1. The molecule has 21 heavy (non-hydrogen) atoms. The van der Waals surface area contributed by atoms with E-state index in [1.807, 2.05) is 31.2 Å². The first kappa shape index (κ1) is 16.1. The SMILES string of the molecule is CCOc1ccccc1OCCN1CCC(C)CC1CN. The van der Waals surface area contributed by atoms with Gasteiger partial charge in [-0.25, -0.2) is 0 Å². The summed E-state index contributed by atoms with van der Waals surface area (Å²) in [6, 6.07) is 8.35. The van der Waals surface area contributed by atoms with E-state index >= 15 is 0 Å². The van der Waals surface area contributed by atoms with E-state index < -0.39 is 0 Å². The van der Waals surface area contributed by atoms with E-state index in [0.29, 0.717) is 19.3 Å². The van der Waals surface area contributed by atoms with Crippen LogP contribution in [0.15, 0.2) is 24.3 Å². The molecule has 0 saturated carbocycles. The van der Waals surface area contributed by atoms with Gasteiger partial charge in [0.25, 0.3) is 0 Å². The number of rotatable bonds is 7. The molecule has 4 nitrogen and oxygen atoms in total. The zero-order valence-corrected chi connectivity index (χ0v) is 13.3. The Morgan fingerprint density at radius 2 is 1.95 bits per heavy atom. The Labute approximate surface area is 128 Å². The van der Waals surface area contributed by atoms with Gasteiger partial charge < -0.3 is 15.2 Å². The van der Waals surface area contributed by atoms with E-state index in [9.17, 15) is 0 Å². The van der Waals surface area contributed by atoms with Crippen molar-refractivity contribution in [3.8, 4) is 11.5 Å². The standard InChI is InChI=1S/C17H28N2O2/c1-3-20-16-6-4-5-7-17(16)21-11-10-19-9-8-14(2)12-15(19)13-18/h4-7,14-15H,3,8-13,18H2,1-2H3. The molecule has 0 spiro atoms. The van der Waals surface area contributed by atoms with Crippen molar-refractivity contribution in [3.63, 3.8) is 0 Å². The van der Waals surface area contributed by atoms with Crippen LogP contribution in [0, 0.1) is 5.92 Å². The van der Waals surface area contributed by atoms with E-state index in [2.05, 4.69) is 11.8 Å². The molecule has 1 heterocycles. The Balaban J connectivity index is 1.83. The van der Waals surface area contributed by atoms with Gasteiger partial charge in [0.15, 0.2) is 11.5 Å². The number of benzene rings is 1. The van der Waals surface area contributed by atoms with Crippen molar-refractivity contribution in [2.45, 2.75) is 32.7 Å². The molecule has 0 amide bonds. The monoisotopic (exact) mass is 292 g/mol. The van der Waals surface area contributed by atoms with E-state index in [1.54, 1.807) is 0 Å². The van der Waals surface area contributed by atoms with Gasteiger partial charge in [-0.15, -0.1) is 0 Å². The summed E-state index contributed by atoms with van der Waals surface area (Å²) in [5.41, 5.74) is 5.90. The summed E-state index contributed by atoms with van der Waals surface area (Å²) < 4.78 is 11.5. The minimum Gasteiger partial charge on any atom is -0.490 e. The van der Waals surface area contributed by atoms with Gasteiger partial charge in [0.1, 0.15) is 6.61 Å². The van der Waals surface area contributed by atoms with Crippen molar-refractivity contribution in [1.29, 1.82) is 0 Å². The van der Waals surface area contributed by atoms with Crippen LogP contribution >= 0.6 is 0 Å². The fourth-order valence-electron chi connectivity index (χ4n) is 2.96. The second-order valence-electron chi connectivity index (χ2n) is 5.78. The van der Waals surface area contributed by atoms with Crippen LogP contribution in [-0.4, -0.2) is 43.8 Å². The molecule has 1 aromatic carbocycles. The molecular formula is C17H28N2O2. The van der Waals surface area contributed by atoms with Crippen LogP contribution in [0.2, 0.25) is 0 Å². The Morgan fingerprint density at radius 3 is 2.62 bits per heavy atom. The van der Waals surface area contributed by atoms with E-state index in [-0.39, 0.29) is 0 Å². The lowest BCUT2D eigenvalue weighted by molar-refractivity contribution is 0.102. The highest BCUT2D eigenvalue weighted by atomic mass is 16.5. The normalized spacial score (nSPS) is 23.0. The van der Waals surface area contributed by atoms with Crippen LogP contribution in [0.1, 0.15) is 26.7 Å². The lowest BCUT2D eigenvalue weighted by Crippen LogP contribution is -2.47. The van der Waals surface area contributed by atoms with Gasteiger partial charge in [-0.3, -0.25) is 4.90 Å². The Kier molecular flexibility index (Phi) is 6.33. The highest BCUT2D eigenvalue weighted by Crippen LogP contribution is 2.26. The van der Waals surface area contributed by atoms with Gasteiger partial charge in [-0.1, -0.05) is 19.1 Å². The van der Waals surface area contributed by atoms with E-state index in [4.69, 9.17) is 15.2 Å². The van der Waals surface area contributed by atoms with Crippen molar-refractivity contribution in [1.82, 2.24) is 4.90 Å². The highest BCUT2D eigenvalue weighted by Gasteiger charge is 2.24. The predicted octanol–water partition coefficient (Wildman–Crippen LogP) is 2.52. The molecule has 0 radical (unpaired) electrons. The molecule has 118 valence electrons. The molecule has 2 rings (SSSR count). The summed E-state index contributed by atoms with van der Waals surface area (Å²) >= 11 is 0. The van der Waals surface area contributed by atoms with E-state index in [0.717, 1.165) is 37.1 Å². The fourth-order valence-corrected chi connectivity index (χ4v) is 2.96. The average Bonchev–Trinajstić information content (AvgIpc) is 2.50. The first-order valence-electron chi connectivity index (χ1n) is 8.03. The Hall–Kier alpha value is -1.26. The van der Waals surface area contributed by atoms with Crippen LogP contribution in [-0.2, 0) is 0 Å². The summed E-state index contributed by atoms with van der Waals surface area (Å²) in [4.78, 5) is 2.46. The summed E-state index contributed by atoms with van der Waals surface area (Å²) in [5.74, 6) is 2.44.